The number of hydrogen-bond donors (Lipinski definition) is 2. The van der Waals surface area contributed by atoms with Crippen LogP contribution in [0.2, 0.25) is 0 Å². The summed E-state index contributed by atoms with van der Waals surface area (Å²) in [5.41, 5.74) is 4.40. The van der Waals surface area contributed by atoms with E-state index in [1.54, 1.807) is 12.1 Å². The van der Waals surface area contributed by atoms with E-state index in [0.717, 1.165) is 18.5 Å². The van der Waals surface area contributed by atoms with Gasteiger partial charge in [0.15, 0.2) is 0 Å². The van der Waals surface area contributed by atoms with Crippen LogP contribution < -0.4 is 4.90 Å². The van der Waals surface area contributed by atoms with Gasteiger partial charge in [-0.3, -0.25) is 0 Å². The zero-order valence-corrected chi connectivity index (χ0v) is 18.6. The summed E-state index contributed by atoms with van der Waals surface area (Å²) in [5, 5.41) is 20.4. The van der Waals surface area contributed by atoms with E-state index < -0.39 is 0 Å². The molecule has 0 amide bonds. The molecule has 1 aliphatic rings. The number of aliphatic hydroxyl groups excluding tert-OH is 1. The first-order valence-corrected chi connectivity index (χ1v) is 11.3. The van der Waals surface area contributed by atoms with Gasteiger partial charge in [-0.2, -0.15) is 0 Å². The van der Waals surface area contributed by atoms with Crippen LogP contribution >= 0.6 is 11.3 Å². The summed E-state index contributed by atoms with van der Waals surface area (Å²) in [6, 6.07) is 18.9. The van der Waals surface area contributed by atoms with E-state index in [-0.39, 0.29) is 12.1 Å². The van der Waals surface area contributed by atoms with Crippen molar-refractivity contribution >= 4 is 22.4 Å². The number of phenols is 1. The van der Waals surface area contributed by atoms with Crippen LogP contribution in [0.3, 0.4) is 0 Å². The van der Waals surface area contributed by atoms with Crippen LogP contribution in [0.4, 0.5) is 5.00 Å². The van der Waals surface area contributed by atoms with Crippen LogP contribution in [-0.2, 0) is 12.0 Å². The molecule has 2 aromatic carbocycles. The molecule has 2 N–H and O–H groups in total. The molecule has 156 valence electrons. The fourth-order valence-corrected chi connectivity index (χ4v) is 5.54. The molecule has 0 bridgehead atoms. The number of aromatic hydroxyl groups is 1. The highest BCUT2D eigenvalue weighted by atomic mass is 32.1. The van der Waals surface area contributed by atoms with Crippen molar-refractivity contribution in [2.45, 2.75) is 38.6 Å². The van der Waals surface area contributed by atoms with Crippen LogP contribution in [0.1, 0.15) is 53.8 Å². The van der Waals surface area contributed by atoms with Gasteiger partial charge in [0.25, 0.3) is 0 Å². The maximum atomic E-state index is 10.1. The molecular formula is C26H29NO2S. The van der Waals surface area contributed by atoms with Crippen LogP contribution in [0.25, 0.3) is 6.08 Å². The maximum Gasteiger partial charge on any atom is 0.115 e. The molecule has 3 nitrogen and oxygen atoms in total. The van der Waals surface area contributed by atoms with E-state index in [9.17, 15) is 5.11 Å². The molecule has 1 atom stereocenters. The number of rotatable bonds is 5. The van der Waals surface area contributed by atoms with Crippen molar-refractivity contribution in [3.63, 3.8) is 0 Å². The van der Waals surface area contributed by atoms with Crippen molar-refractivity contribution in [2.24, 2.45) is 0 Å². The Labute approximate surface area is 182 Å². The molecule has 0 fully saturated rings. The van der Waals surface area contributed by atoms with Crippen LogP contribution in [0.15, 0.2) is 60.7 Å². The minimum Gasteiger partial charge on any atom is -0.508 e. The molecule has 0 saturated carbocycles. The highest BCUT2D eigenvalue weighted by molar-refractivity contribution is 7.16. The third kappa shape index (κ3) is 3.66. The van der Waals surface area contributed by atoms with Crippen molar-refractivity contribution in [3.05, 3.63) is 87.8 Å². The third-order valence-electron chi connectivity index (χ3n) is 6.09. The standard InChI is InChI=1S/C26H29NO2S/c1-18(2)24-12-13-25(30-24)27-15-14-20-17-22(29)10-11-23(20)26(27,3)21-8-6-19(7-9-21)5-4-16-28/h4-13,17-18,28-29H,14-16H2,1-3H3. The van der Waals surface area contributed by atoms with Gasteiger partial charge in [-0.1, -0.05) is 56.3 Å². The minimum absolute atomic E-state index is 0.0423. The smallest absolute Gasteiger partial charge is 0.115 e. The Morgan fingerprint density at radius 2 is 1.87 bits per heavy atom. The lowest BCUT2D eigenvalue weighted by Crippen LogP contribution is -2.49. The van der Waals surface area contributed by atoms with E-state index in [1.165, 1.54) is 26.6 Å². The van der Waals surface area contributed by atoms with E-state index >= 15 is 0 Å². The Bertz CT molecular complexity index is 1050. The summed E-state index contributed by atoms with van der Waals surface area (Å²) in [7, 11) is 0. The summed E-state index contributed by atoms with van der Waals surface area (Å²) >= 11 is 1.87. The number of anilines is 1. The highest BCUT2D eigenvalue weighted by Crippen LogP contribution is 2.46. The fraction of sp³-hybridized carbons (Fsp3) is 0.308. The summed E-state index contributed by atoms with van der Waals surface area (Å²) in [4.78, 5) is 3.91. The van der Waals surface area contributed by atoms with Crippen molar-refractivity contribution in [3.8, 4) is 5.75 Å². The van der Waals surface area contributed by atoms with Crippen LogP contribution in [0.5, 0.6) is 5.75 Å². The first-order valence-electron chi connectivity index (χ1n) is 10.5. The minimum atomic E-state index is -0.334. The summed E-state index contributed by atoms with van der Waals surface area (Å²) < 4.78 is 0. The van der Waals surface area contributed by atoms with E-state index in [2.05, 4.69) is 68.1 Å². The van der Waals surface area contributed by atoms with Gasteiger partial charge in [0.05, 0.1) is 17.1 Å². The molecule has 1 aliphatic heterocycles. The van der Waals surface area contributed by atoms with Gasteiger partial charge in [-0.05, 0) is 65.8 Å². The molecule has 0 saturated heterocycles. The predicted octanol–water partition coefficient (Wildman–Crippen LogP) is 5.91. The second kappa shape index (κ2) is 8.29. The zero-order chi connectivity index (χ0) is 21.3. The Morgan fingerprint density at radius 3 is 2.53 bits per heavy atom. The van der Waals surface area contributed by atoms with Crippen LogP contribution in [0, 0.1) is 0 Å². The Balaban J connectivity index is 1.84. The van der Waals surface area contributed by atoms with Crippen molar-refractivity contribution in [1.29, 1.82) is 0 Å². The number of thiophene rings is 1. The topological polar surface area (TPSA) is 43.7 Å². The van der Waals surface area contributed by atoms with Gasteiger partial charge in [0.1, 0.15) is 5.75 Å². The van der Waals surface area contributed by atoms with Crippen molar-refractivity contribution < 1.29 is 10.2 Å². The van der Waals surface area contributed by atoms with Crippen LogP contribution in [-0.4, -0.2) is 23.4 Å². The number of aliphatic hydroxyl groups is 1. The van der Waals surface area contributed by atoms with Crippen molar-refractivity contribution in [2.75, 3.05) is 18.1 Å². The summed E-state index contributed by atoms with van der Waals surface area (Å²) in [6.45, 7) is 7.71. The molecule has 0 radical (unpaired) electrons. The third-order valence-corrected chi connectivity index (χ3v) is 7.50. The monoisotopic (exact) mass is 419 g/mol. The summed E-state index contributed by atoms with van der Waals surface area (Å²) in [5.74, 6) is 0.842. The average molecular weight is 420 g/mol. The van der Waals surface area contributed by atoms with Gasteiger partial charge in [0.2, 0.25) is 0 Å². The van der Waals surface area contributed by atoms with E-state index in [0.29, 0.717) is 11.7 Å². The number of fused-ring (bicyclic) bond motifs is 1. The van der Waals surface area contributed by atoms with Gasteiger partial charge in [-0.15, -0.1) is 11.3 Å². The molecule has 4 rings (SSSR count). The number of hydrogen-bond acceptors (Lipinski definition) is 4. The molecule has 30 heavy (non-hydrogen) atoms. The van der Waals surface area contributed by atoms with Gasteiger partial charge < -0.3 is 15.1 Å². The average Bonchev–Trinajstić information content (AvgIpc) is 3.23. The molecule has 1 aromatic heterocycles. The quantitative estimate of drug-likeness (QED) is 0.540. The van der Waals surface area contributed by atoms with Gasteiger partial charge in [0, 0.05) is 11.4 Å². The molecular weight excluding hydrogens is 390 g/mol. The van der Waals surface area contributed by atoms with Crippen molar-refractivity contribution in [1.82, 2.24) is 0 Å². The largest absolute Gasteiger partial charge is 0.508 e. The molecule has 0 spiro atoms. The maximum absolute atomic E-state index is 10.1. The lowest BCUT2D eigenvalue weighted by atomic mass is 9.77. The van der Waals surface area contributed by atoms with Gasteiger partial charge in [-0.25, -0.2) is 0 Å². The lowest BCUT2D eigenvalue weighted by molar-refractivity contribution is 0.343. The lowest BCUT2D eigenvalue weighted by Gasteiger charge is -2.47. The first kappa shape index (κ1) is 20.7. The zero-order valence-electron chi connectivity index (χ0n) is 17.8. The van der Waals surface area contributed by atoms with Gasteiger partial charge >= 0.3 is 0 Å². The second-order valence-electron chi connectivity index (χ2n) is 8.35. The fourth-order valence-electron chi connectivity index (χ4n) is 4.41. The molecule has 1 unspecified atom stereocenters. The first-order chi connectivity index (χ1) is 14.4. The number of nitrogens with zero attached hydrogens (tertiary/aromatic N) is 1. The second-order valence-corrected chi connectivity index (χ2v) is 9.45. The Hall–Kier alpha value is -2.56. The van der Waals surface area contributed by atoms with E-state index in [4.69, 9.17) is 5.11 Å². The highest BCUT2D eigenvalue weighted by Gasteiger charge is 2.41. The molecule has 2 heterocycles. The normalized spacial score (nSPS) is 18.9. The SMILES string of the molecule is CC(C)c1ccc(N2CCc3cc(O)ccc3C2(C)c2ccc(C=CCO)cc2)s1. The Morgan fingerprint density at radius 1 is 1.10 bits per heavy atom. The number of phenolic OH excluding ortho intramolecular Hbond substituents is 1. The molecule has 3 aromatic rings. The summed E-state index contributed by atoms with van der Waals surface area (Å²) in [6.07, 6.45) is 4.59. The predicted molar refractivity (Wildman–Crippen MR) is 127 cm³/mol. The van der Waals surface area contributed by atoms with E-state index in [1.807, 2.05) is 23.5 Å². The number of benzene rings is 2. The Kier molecular flexibility index (Phi) is 5.72. The molecule has 0 aliphatic carbocycles. The molecule has 4 heteroatoms.